The number of carbonyl (C=O) groups is 2. The van der Waals surface area contributed by atoms with E-state index in [9.17, 15) is 27.2 Å². The molecule has 0 bridgehead atoms. The molecule has 35 heavy (non-hydrogen) atoms. The standard InChI is InChI=1S/C24H20F4N2O4.H2S/c1-30(18-7-9-20(10-8-18)33-23(27)28)22(31)21(13-15-11-16(25)14-17(26)12-15)29-24(32)34-19-5-3-2-4-6-19;/h2-12,14,21,23H,13H2,1H3,(H,29,32);1H2/t21-;/m0./s1. The predicted molar refractivity (Wildman–Crippen MR) is 126 cm³/mol. The number of carbonyl (C=O) groups excluding carboxylic acids is 2. The summed E-state index contributed by atoms with van der Waals surface area (Å²) in [6.45, 7) is -3.00. The van der Waals surface area contributed by atoms with E-state index in [2.05, 4.69) is 10.1 Å². The van der Waals surface area contributed by atoms with E-state index in [1.54, 1.807) is 18.2 Å². The molecule has 0 aliphatic carbocycles. The number of anilines is 1. The molecule has 0 saturated heterocycles. The van der Waals surface area contributed by atoms with Crippen LogP contribution < -0.4 is 19.7 Å². The molecule has 0 radical (unpaired) electrons. The predicted octanol–water partition coefficient (Wildman–Crippen LogP) is 5.04. The number of benzene rings is 3. The van der Waals surface area contributed by atoms with Crippen LogP contribution in [0.4, 0.5) is 28.0 Å². The second-order valence-corrected chi connectivity index (χ2v) is 7.15. The molecular formula is C24H22F4N2O4S. The molecule has 0 heterocycles. The molecule has 3 rings (SSSR count). The lowest BCUT2D eigenvalue weighted by Gasteiger charge is -2.25. The maximum atomic E-state index is 13.7. The van der Waals surface area contributed by atoms with Crippen molar-refractivity contribution in [3.05, 3.63) is 90.0 Å². The van der Waals surface area contributed by atoms with Crippen LogP contribution in [0.3, 0.4) is 0 Å². The maximum Gasteiger partial charge on any atom is 0.413 e. The number of ether oxygens (including phenoxy) is 2. The molecule has 0 aromatic heterocycles. The van der Waals surface area contributed by atoms with Crippen molar-refractivity contribution in [1.29, 1.82) is 0 Å². The summed E-state index contributed by atoms with van der Waals surface area (Å²) < 4.78 is 61.5. The van der Waals surface area contributed by atoms with Crippen molar-refractivity contribution in [2.45, 2.75) is 19.1 Å². The number of rotatable bonds is 8. The minimum atomic E-state index is -3.00. The van der Waals surface area contributed by atoms with Crippen LogP contribution in [0.25, 0.3) is 0 Å². The Balaban J connectivity index is 0.00000432. The van der Waals surface area contributed by atoms with Crippen molar-refractivity contribution in [1.82, 2.24) is 5.32 Å². The highest BCUT2D eigenvalue weighted by atomic mass is 32.1. The fourth-order valence-electron chi connectivity index (χ4n) is 3.14. The first-order chi connectivity index (χ1) is 16.2. The van der Waals surface area contributed by atoms with Crippen LogP contribution in [0.5, 0.6) is 11.5 Å². The number of amides is 2. The fraction of sp³-hybridized carbons (Fsp3) is 0.167. The molecule has 3 aromatic rings. The third kappa shape index (κ3) is 8.21. The molecule has 2 amide bonds. The lowest BCUT2D eigenvalue weighted by molar-refractivity contribution is -0.120. The van der Waals surface area contributed by atoms with Crippen LogP contribution >= 0.6 is 13.5 Å². The van der Waals surface area contributed by atoms with E-state index >= 15 is 0 Å². The Kier molecular flexibility index (Phi) is 9.95. The minimum Gasteiger partial charge on any atom is -0.435 e. The maximum absolute atomic E-state index is 13.7. The van der Waals surface area contributed by atoms with Crippen molar-refractivity contribution >= 4 is 31.2 Å². The van der Waals surface area contributed by atoms with Crippen LogP contribution in [0.2, 0.25) is 0 Å². The van der Waals surface area contributed by atoms with Gasteiger partial charge in [0.2, 0.25) is 5.91 Å². The average molecular weight is 511 g/mol. The van der Waals surface area contributed by atoms with Gasteiger partial charge >= 0.3 is 12.7 Å². The van der Waals surface area contributed by atoms with Gasteiger partial charge in [0.25, 0.3) is 0 Å². The second-order valence-electron chi connectivity index (χ2n) is 7.15. The summed E-state index contributed by atoms with van der Waals surface area (Å²) in [7, 11) is 1.40. The van der Waals surface area contributed by atoms with Crippen molar-refractivity contribution in [2.75, 3.05) is 11.9 Å². The Labute approximate surface area is 205 Å². The lowest BCUT2D eigenvalue weighted by Crippen LogP contribution is -2.49. The summed E-state index contributed by atoms with van der Waals surface area (Å²) in [5, 5.41) is 2.42. The van der Waals surface area contributed by atoms with E-state index in [1.165, 1.54) is 43.4 Å². The number of alkyl halides is 2. The van der Waals surface area contributed by atoms with Crippen LogP contribution in [-0.4, -0.2) is 31.7 Å². The Morgan fingerprint density at radius 3 is 2.09 bits per heavy atom. The molecule has 3 aromatic carbocycles. The highest BCUT2D eigenvalue weighted by molar-refractivity contribution is 7.59. The summed E-state index contributed by atoms with van der Waals surface area (Å²) >= 11 is 0. The second kappa shape index (κ2) is 12.7. The summed E-state index contributed by atoms with van der Waals surface area (Å²) in [6.07, 6.45) is -1.19. The van der Waals surface area contributed by atoms with E-state index in [-0.39, 0.29) is 37.0 Å². The Morgan fingerprint density at radius 1 is 0.914 bits per heavy atom. The van der Waals surface area contributed by atoms with Crippen LogP contribution in [-0.2, 0) is 11.2 Å². The largest absolute Gasteiger partial charge is 0.435 e. The Bertz CT molecular complexity index is 1110. The zero-order valence-corrected chi connectivity index (χ0v) is 19.4. The molecule has 0 fully saturated rings. The molecule has 186 valence electrons. The highest BCUT2D eigenvalue weighted by Crippen LogP contribution is 2.21. The normalized spacial score (nSPS) is 11.3. The summed E-state index contributed by atoms with van der Waals surface area (Å²) in [5.74, 6) is -2.19. The smallest absolute Gasteiger partial charge is 0.413 e. The van der Waals surface area contributed by atoms with Crippen molar-refractivity contribution in [3.63, 3.8) is 0 Å². The van der Waals surface area contributed by atoms with Gasteiger partial charge in [0.15, 0.2) is 0 Å². The monoisotopic (exact) mass is 510 g/mol. The van der Waals surface area contributed by atoms with E-state index in [1.807, 2.05) is 0 Å². The van der Waals surface area contributed by atoms with Gasteiger partial charge in [-0.05, 0) is 54.1 Å². The quantitative estimate of drug-likeness (QED) is 0.431. The number of halogens is 4. The SMILES string of the molecule is CN(C(=O)[C@H](Cc1cc(F)cc(F)c1)NC(=O)Oc1ccccc1)c1ccc(OC(F)F)cc1.S. The molecule has 11 heteroatoms. The fourth-order valence-corrected chi connectivity index (χ4v) is 3.14. The van der Waals surface area contributed by atoms with E-state index in [4.69, 9.17) is 4.74 Å². The molecule has 0 aliphatic heterocycles. The Hall–Kier alpha value is -3.73. The van der Waals surface area contributed by atoms with Crippen LogP contribution in [0, 0.1) is 11.6 Å². The van der Waals surface area contributed by atoms with Gasteiger partial charge in [-0.2, -0.15) is 22.3 Å². The van der Waals surface area contributed by atoms with Crippen LogP contribution in [0.1, 0.15) is 5.56 Å². The van der Waals surface area contributed by atoms with Gasteiger partial charge < -0.3 is 19.7 Å². The molecule has 1 N–H and O–H groups in total. The van der Waals surface area contributed by atoms with Gasteiger partial charge in [-0.1, -0.05) is 18.2 Å². The number of likely N-dealkylation sites (N-methyl/N-ethyl adjacent to an activating group) is 1. The van der Waals surface area contributed by atoms with E-state index < -0.39 is 36.3 Å². The molecule has 6 nitrogen and oxygen atoms in total. The zero-order chi connectivity index (χ0) is 24.7. The van der Waals surface area contributed by atoms with Crippen LogP contribution in [0.15, 0.2) is 72.8 Å². The van der Waals surface area contributed by atoms with Gasteiger partial charge in [-0.3, -0.25) is 4.79 Å². The molecule has 0 spiro atoms. The topological polar surface area (TPSA) is 67.9 Å². The van der Waals surface area contributed by atoms with E-state index in [0.29, 0.717) is 11.8 Å². The molecule has 0 saturated carbocycles. The molecular weight excluding hydrogens is 488 g/mol. The lowest BCUT2D eigenvalue weighted by atomic mass is 10.0. The number of nitrogens with zero attached hydrogens (tertiary/aromatic N) is 1. The number of hydrogen-bond acceptors (Lipinski definition) is 4. The van der Waals surface area contributed by atoms with Crippen molar-refractivity contribution in [2.24, 2.45) is 0 Å². The van der Waals surface area contributed by atoms with Gasteiger partial charge in [0.05, 0.1) is 0 Å². The number of para-hydroxylation sites is 1. The third-order valence-corrected chi connectivity index (χ3v) is 4.69. The van der Waals surface area contributed by atoms with Crippen molar-refractivity contribution in [3.8, 4) is 11.5 Å². The molecule has 1 atom stereocenters. The van der Waals surface area contributed by atoms with Gasteiger partial charge in [-0.25, -0.2) is 13.6 Å². The average Bonchev–Trinajstić information content (AvgIpc) is 2.78. The molecule has 0 unspecified atom stereocenters. The first kappa shape index (κ1) is 27.5. The Morgan fingerprint density at radius 2 is 1.51 bits per heavy atom. The highest BCUT2D eigenvalue weighted by Gasteiger charge is 2.26. The number of nitrogens with one attached hydrogen (secondary N) is 1. The first-order valence-corrected chi connectivity index (χ1v) is 10.0. The summed E-state index contributed by atoms with van der Waals surface area (Å²) in [5.41, 5.74) is 0.435. The van der Waals surface area contributed by atoms with Gasteiger partial charge in [-0.15, -0.1) is 0 Å². The van der Waals surface area contributed by atoms with E-state index in [0.717, 1.165) is 17.0 Å². The molecule has 0 aliphatic rings. The summed E-state index contributed by atoms with van der Waals surface area (Å²) in [6, 6.07) is 14.8. The minimum absolute atomic E-state index is 0. The van der Waals surface area contributed by atoms with Gasteiger partial charge in [0, 0.05) is 25.2 Å². The summed E-state index contributed by atoms with van der Waals surface area (Å²) in [4.78, 5) is 26.8. The zero-order valence-electron chi connectivity index (χ0n) is 18.4. The van der Waals surface area contributed by atoms with Crippen molar-refractivity contribution < 1.29 is 36.6 Å². The third-order valence-electron chi connectivity index (χ3n) is 4.69. The first-order valence-electron chi connectivity index (χ1n) is 10.0. The van der Waals surface area contributed by atoms with Gasteiger partial charge in [0.1, 0.15) is 29.2 Å². The number of hydrogen-bond donors (Lipinski definition) is 1.